The van der Waals surface area contributed by atoms with Crippen molar-refractivity contribution in [3.8, 4) is 5.75 Å². The molecule has 1 aromatic carbocycles. The molecule has 1 aliphatic heterocycles. The highest BCUT2D eigenvalue weighted by Gasteiger charge is 2.26. The number of fused-ring (bicyclic) bond motifs is 3. The molecule has 1 heterocycles. The summed E-state index contributed by atoms with van der Waals surface area (Å²) in [4.78, 5) is 27.9. The van der Waals surface area contributed by atoms with E-state index in [0.29, 0.717) is 24.3 Å². The molecule has 0 atom stereocenters. The first-order valence-electron chi connectivity index (χ1n) is 6.91. The van der Waals surface area contributed by atoms with Crippen LogP contribution in [0.5, 0.6) is 5.75 Å². The Morgan fingerprint density at radius 2 is 2.19 bits per heavy atom. The molecule has 0 unspecified atom stereocenters. The van der Waals surface area contributed by atoms with Gasteiger partial charge in [0.1, 0.15) is 11.5 Å². The SMILES string of the molecule is CC(=O)O/N=C1\CCOc2c(ccc3c2C=CCC3)C1=O. The van der Waals surface area contributed by atoms with Gasteiger partial charge in [-0.15, -0.1) is 0 Å². The van der Waals surface area contributed by atoms with Crippen LogP contribution in [-0.4, -0.2) is 24.1 Å². The zero-order valence-corrected chi connectivity index (χ0v) is 11.7. The summed E-state index contributed by atoms with van der Waals surface area (Å²) in [6, 6.07) is 3.72. The number of benzene rings is 1. The molecule has 2 aliphatic rings. The summed E-state index contributed by atoms with van der Waals surface area (Å²) in [6.45, 7) is 1.58. The van der Waals surface area contributed by atoms with Gasteiger partial charge in [0.05, 0.1) is 12.2 Å². The lowest BCUT2D eigenvalue weighted by Crippen LogP contribution is -2.15. The van der Waals surface area contributed by atoms with E-state index in [1.807, 2.05) is 12.1 Å². The Morgan fingerprint density at radius 1 is 1.33 bits per heavy atom. The summed E-state index contributed by atoms with van der Waals surface area (Å²) in [5.74, 6) is -0.180. The van der Waals surface area contributed by atoms with E-state index >= 15 is 0 Å². The maximum Gasteiger partial charge on any atom is 0.331 e. The maximum absolute atomic E-state index is 12.5. The first kappa shape index (κ1) is 13.5. The van der Waals surface area contributed by atoms with Crippen molar-refractivity contribution in [2.75, 3.05) is 6.61 Å². The van der Waals surface area contributed by atoms with E-state index in [1.165, 1.54) is 12.5 Å². The molecule has 0 fully saturated rings. The number of carbonyl (C=O) groups is 2. The van der Waals surface area contributed by atoms with Crippen LogP contribution in [0.15, 0.2) is 23.4 Å². The number of nitrogens with zero attached hydrogens (tertiary/aromatic N) is 1. The van der Waals surface area contributed by atoms with E-state index < -0.39 is 5.97 Å². The lowest BCUT2D eigenvalue weighted by Gasteiger charge is -2.16. The standard InChI is InChI=1S/C16H15NO4/c1-10(18)21-17-14-8-9-20-16-12-5-3-2-4-11(12)6-7-13(16)15(14)19/h3,5-7H,2,4,8-9H2,1H3/b17-14+. The average molecular weight is 285 g/mol. The molecule has 21 heavy (non-hydrogen) atoms. The Labute approximate surface area is 122 Å². The predicted octanol–water partition coefficient (Wildman–Crippen LogP) is 2.53. The number of aryl methyl sites for hydroxylation is 1. The van der Waals surface area contributed by atoms with Crippen LogP contribution >= 0.6 is 0 Å². The fourth-order valence-electron chi connectivity index (χ4n) is 2.54. The second-order valence-electron chi connectivity index (χ2n) is 5.00. The van der Waals surface area contributed by atoms with Gasteiger partial charge < -0.3 is 9.57 Å². The monoisotopic (exact) mass is 285 g/mol. The number of oxime groups is 1. The third kappa shape index (κ3) is 2.59. The lowest BCUT2D eigenvalue weighted by atomic mass is 9.92. The molecule has 0 saturated heterocycles. The van der Waals surface area contributed by atoms with E-state index in [0.717, 1.165) is 18.4 Å². The lowest BCUT2D eigenvalue weighted by molar-refractivity contribution is -0.140. The van der Waals surface area contributed by atoms with Gasteiger partial charge in [-0.25, -0.2) is 4.79 Å². The van der Waals surface area contributed by atoms with E-state index in [9.17, 15) is 9.59 Å². The molecular weight excluding hydrogens is 270 g/mol. The third-order valence-electron chi connectivity index (χ3n) is 3.53. The largest absolute Gasteiger partial charge is 0.492 e. The molecule has 1 aliphatic carbocycles. The summed E-state index contributed by atoms with van der Waals surface area (Å²) in [6.07, 6.45) is 6.34. The number of hydrogen-bond donors (Lipinski definition) is 0. The number of carbonyl (C=O) groups excluding carboxylic acids is 2. The molecule has 0 spiro atoms. The van der Waals surface area contributed by atoms with Crippen LogP contribution in [0.1, 0.15) is 41.3 Å². The first-order valence-corrected chi connectivity index (χ1v) is 6.91. The highest BCUT2D eigenvalue weighted by atomic mass is 16.7. The smallest absolute Gasteiger partial charge is 0.331 e. The second-order valence-corrected chi connectivity index (χ2v) is 5.00. The minimum absolute atomic E-state index is 0.212. The minimum atomic E-state index is -0.547. The quantitative estimate of drug-likeness (QED) is 0.587. The van der Waals surface area contributed by atoms with Crippen LogP contribution in [0, 0.1) is 0 Å². The van der Waals surface area contributed by atoms with Gasteiger partial charge in [0.25, 0.3) is 0 Å². The van der Waals surface area contributed by atoms with Crippen LogP contribution in [0.25, 0.3) is 6.08 Å². The topological polar surface area (TPSA) is 65.0 Å². The third-order valence-corrected chi connectivity index (χ3v) is 3.53. The Balaban J connectivity index is 2.03. The van der Waals surface area contributed by atoms with Crippen LogP contribution < -0.4 is 4.74 Å². The molecule has 0 aromatic heterocycles. The first-order chi connectivity index (χ1) is 10.2. The number of ether oxygens (including phenoxy) is 1. The minimum Gasteiger partial charge on any atom is -0.492 e. The van der Waals surface area contributed by atoms with E-state index in [1.54, 1.807) is 6.07 Å². The molecular formula is C16H15NO4. The molecule has 0 saturated carbocycles. The van der Waals surface area contributed by atoms with Crippen molar-refractivity contribution >= 4 is 23.5 Å². The molecule has 3 rings (SSSR count). The van der Waals surface area contributed by atoms with Crippen molar-refractivity contribution in [2.24, 2.45) is 5.16 Å². The van der Waals surface area contributed by atoms with Crippen LogP contribution in [0.4, 0.5) is 0 Å². The highest BCUT2D eigenvalue weighted by molar-refractivity contribution is 6.46. The summed E-state index contributed by atoms with van der Waals surface area (Å²) in [5.41, 5.74) is 2.85. The van der Waals surface area contributed by atoms with Gasteiger partial charge in [-0.3, -0.25) is 4.79 Å². The van der Waals surface area contributed by atoms with Crippen molar-refractivity contribution in [3.05, 3.63) is 34.9 Å². The summed E-state index contributed by atoms with van der Waals surface area (Å²) >= 11 is 0. The predicted molar refractivity (Wildman–Crippen MR) is 77.4 cm³/mol. The fraction of sp³-hybridized carbons (Fsp3) is 0.312. The zero-order valence-electron chi connectivity index (χ0n) is 11.7. The maximum atomic E-state index is 12.5. The number of hydrogen-bond acceptors (Lipinski definition) is 5. The number of ketones is 1. The Kier molecular flexibility index (Phi) is 3.56. The Bertz CT molecular complexity index is 673. The van der Waals surface area contributed by atoms with Crippen molar-refractivity contribution in [1.29, 1.82) is 0 Å². The number of allylic oxidation sites excluding steroid dienone is 1. The van der Waals surface area contributed by atoms with Gasteiger partial charge >= 0.3 is 5.97 Å². The van der Waals surface area contributed by atoms with Gasteiger partial charge in [-0.1, -0.05) is 23.4 Å². The van der Waals surface area contributed by atoms with Crippen LogP contribution in [0.2, 0.25) is 0 Å². The Morgan fingerprint density at radius 3 is 3.00 bits per heavy atom. The molecule has 1 aromatic rings. The Hall–Kier alpha value is -2.43. The van der Waals surface area contributed by atoms with E-state index in [2.05, 4.69) is 16.1 Å². The van der Waals surface area contributed by atoms with Gasteiger partial charge in [-0.2, -0.15) is 0 Å². The molecule has 5 nitrogen and oxygen atoms in total. The van der Waals surface area contributed by atoms with Gasteiger partial charge in [0, 0.05) is 18.9 Å². The normalized spacial score (nSPS) is 18.5. The van der Waals surface area contributed by atoms with Crippen molar-refractivity contribution < 1.29 is 19.2 Å². The summed E-state index contributed by atoms with van der Waals surface area (Å²) < 4.78 is 5.76. The summed E-state index contributed by atoms with van der Waals surface area (Å²) in [5, 5.41) is 3.65. The molecule has 0 radical (unpaired) electrons. The summed E-state index contributed by atoms with van der Waals surface area (Å²) in [7, 11) is 0. The van der Waals surface area contributed by atoms with Gasteiger partial charge in [0.2, 0.25) is 5.78 Å². The molecule has 0 bridgehead atoms. The van der Waals surface area contributed by atoms with Gasteiger partial charge in [-0.05, 0) is 24.5 Å². The second kappa shape index (κ2) is 5.52. The van der Waals surface area contributed by atoms with E-state index in [-0.39, 0.29) is 11.5 Å². The molecule has 0 amide bonds. The van der Waals surface area contributed by atoms with Crippen LogP contribution in [-0.2, 0) is 16.1 Å². The number of rotatable bonds is 1. The van der Waals surface area contributed by atoms with Crippen molar-refractivity contribution in [1.82, 2.24) is 0 Å². The zero-order chi connectivity index (χ0) is 14.8. The van der Waals surface area contributed by atoms with Crippen molar-refractivity contribution in [2.45, 2.75) is 26.2 Å². The van der Waals surface area contributed by atoms with Crippen molar-refractivity contribution in [3.63, 3.8) is 0 Å². The fourth-order valence-corrected chi connectivity index (χ4v) is 2.54. The van der Waals surface area contributed by atoms with E-state index in [4.69, 9.17) is 4.74 Å². The molecule has 5 heteroatoms. The average Bonchev–Trinajstić information content (AvgIpc) is 2.65. The van der Waals surface area contributed by atoms with Crippen LogP contribution in [0.3, 0.4) is 0 Å². The molecule has 0 N–H and O–H groups in total. The van der Waals surface area contributed by atoms with Gasteiger partial charge in [0.15, 0.2) is 0 Å². The number of Topliss-reactive ketones (excluding diaryl/α,β-unsaturated/α-hetero) is 1. The highest BCUT2D eigenvalue weighted by Crippen LogP contribution is 2.34. The molecule has 108 valence electrons.